The van der Waals surface area contributed by atoms with Gasteiger partial charge in [-0.1, -0.05) is 37.3 Å². The lowest BCUT2D eigenvalue weighted by Crippen LogP contribution is -2.48. The van der Waals surface area contributed by atoms with E-state index in [0.29, 0.717) is 18.6 Å². The van der Waals surface area contributed by atoms with Gasteiger partial charge in [-0.15, -0.1) is 0 Å². The van der Waals surface area contributed by atoms with E-state index in [9.17, 15) is 4.79 Å². The molecule has 4 atom stereocenters. The molecule has 0 amide bonds. The molecule has 3 heteroatoms. The molecule has 2 heterocycles. The van der Waals surface area contributed by atoms with Crippen molar-refractivity contribution in [3.63, 3.8) is 0 Å². The van der Waals surface area contributed by atoms with Crippen molar-refractivity contribution in [2.45, 2.75) is 32.7 Å². The first-order valence-corrected chi connectivity index (χ1v) is 8.23. The normalized spacial score (nSPS) is 32.1. The van der Waals surface area contributed by atoms with Crippen LogP contribution in [0.1, 0.15) is 38.3 Å². The largest absolute Gasteiger partial charge is 0.465 e. The molecule has 0 aliphatic carbocycles. The van der Waals surface area contributed by atoms with Crippen molar-refractivity contribution in [3.05, 3.63) is 35.9 Å². The standard InChI is InChI=1S/C18H26NO2/c1-3-11-21-18(20)17-13-19(10-9-16(17)12-19)14(2)15-7-5-4-6-8-15/h4-8,14,16-17H,3,9-13H2,1-2H3/q+1/t14?,16-,17+,19+/m0/s1. The van der Waals surface area contributed by atoms with Gasteiger partial charge in [0.15, 0.2) is 0 Å². The summed E-state index contributed by atoms with van der Waals surface area (Å²) >= 11 is 0. The van der Waals surface area contributed by atoms with E-state index in [0.717, 1.165) is 24.0 Å². The Hall–Kier alpha value is -1.35. The van der Waals surface area contributed by atoms with E-state index in [-0.39, 0.29) is 11.9 Å². The highest BCUT2D eigenvalue weighted by atomic mass is 16.5. The number of hydrogen-bond acceptors (Lipinski definition) is 2. The maximum atomic E-state index is 12.3. The fourth-order valence-corrected chi connectivity index (χ4v) is 4.24. The van der Waals surface area contributed by atoms with Crippen LogP contribution < -0.4 is 0 Å². The van der Waals surface area contributed by atoms with E-state index in [1.165, 1.54) is 18.5 Å². The molecule has 0 radical (unpaired) electrons. The number of hydrogen-bond donors (Lipinski definition) is 0. The molecule has 3 rings (SSSR count). The van der Waals surface area contributed by atoms with Crippen molar-refractivity contribution in [2.24, 2.45) is 11.8 Å². The lowest BCUT2D eigenvalue weighted by molar-refractivity contribution is -0.938. The second-order valence-electron chi connectivity index (χ2n) is 6.72. The van der Waals surface area contributed by atoms with Crippen molar-refractivity contribution < 1.29 is 14.0 Å². The minimum absolute atomic E-state index is 0.0433. The van der Waals surface area contributed by atoms with Crippen molar-refractivity contribution >= 4 is 5.97 Å². The molecule has 0 saturated carbocycles. The van der Waals surface area contributed by atoms with E-state index in [1.54, 1.807) is 0 Å². The van der Waals surface area contributed by atoms with Crippen molar-refractivity contribution in [1.29, 1.82) is 0 Å². The zero-order valence-corrected chi connectivity index (χ0v) is 13.1. The number of benzene rings is 1. The maximum Gasteiger partial charge on any atom is 0.315 e. The first-order chi connectivity index (χ1) is 10.2. The highest BCUT2D eigenvalue weighted by Gasteiger charge is 2.56. The molecule has 0 spiro atoms. The Morgan fingerprint density at radius 1 is 1.33 bits per heavy atom. The Kier molecular flexibility index (Phi) is 4.03. The minimum atomic E-state index is 0.0433. The third-order valence-corrected chi connectivity index (χ3v) is 5.53. The molecule has 2 fully saturated rings. The molecule has 2 saturated heterocycles. The highest BCUT2D eigenvalue weighted by Crippen LogP contribution is 2.46. The molecule has 2 aliphatic heterocycles. The molecule has 1 unspecified atom stereocenters. The number of esters is 1. The zero-order chi connectivity index (χ0) is 14.9. The number of nitrogens with zero attached hydrogens (tertiary/aromatic N) is 1. The average molecular weight is 288 g/mol. The Morgan fingerprint density at radius 3 is 2.81 bits per heavy atom. The summed E-state index contributed by atoms with van der Waals surface area (Å²) in [4.78, 5) is 12.3. The highest BCUT2D eigenvalue weighted by molar-refractivity contribution is 5.73. The molecular formula is C18H26NO2+. The Morgan fingerprint density at radius 2 is 2.10 bits per heavy atom. The van der Waals surface area contributed by atoms with E-state index in [4.69, 9.17) is 4.74 Å². The maximum absolute atomic E-state index is 12.3. The number of quaternary nitrogens is 1. The molecular weight excluding hydrogens is 262 g/mol. The summed E-state index contributed by atoms with van der Waals surface area (Å²) in [7, 11) is 0. The number of ether oxygens (including phenoxy) is 1. The summed E-state index contributed by atoms with van der Waals surface area (Å²) in [5, 5.41) is 0. The van der Waals surface area contributed by atoms with Gasteiger partial charge in [-0.2, -0.15) is 0 Å². The third-order valence-electron chi connectivity index (χ3n) is 5.53. The van der Waals surface area contributed by atoms with Crippen LogP contribution in [0.5, 0.6) is 0 Å². The summed E-state index contributed by atoms with van der Waals surface area (Å²) in [6, 6.07) is 11.2. The Balaban J connectivity index is 1.74. The van der Waals surface area contributed by atoms with Crippen LogP contribution in [0, 0.1) is 11.8 Å². The summed E-state index contributed by atoms with van der Waals surface area (Å²) < 4.78 is 6.48. The average Bonchev–Trinajstić information content (AvgIpc) is 3.12. The number of carbonyl (C=O) groups is 1. The summed E-state index contributed by atoms with van der Waals surface area (Å²) in [6.07, 6.45) is 2.08. The van der Waals surface area contributed by atoms with Gasteiger partial charge in [0.05, 0.1) is 26.2 Å². The molecule has 0 aromatic heterocycles. The molecule has 1 aromatic rings. The van der Waals surface area contributed by atoms with E-state index in [2.05, 4.69) is 37.3 Å². The van der Waals surface area contributed by atoms with Crippen LogP contribution in [-0.2, 0) is 9.53 Å². The molecule has 0 N–H and O–H groups in total. The monoisotopic (exact) mass is 288 g/mol. The van der Waals surface area contributed by atoms with Gasteiger partial charge in [0.2, 0.25) is 0 Å². The zero-order valence-electron chi connectivity index (χ0n) is 13.1. The van der Waals surface area contributed by atoms with Gasteiger partial charge in [0, 0.05) is 17.9 Å². The van der Waals surface area contributed by atoms with Crippen LogP contribution in [-0.4, -0.2) is 36.7 Å². The number of fused-ring (bicyclic) bond motifs is 2. The van der Waals surface area contributed by atoms with Crippen LogP contribution in [0.15, 0.2) is 30.3 Å². The van der Waals surface area contributed by atoms with Gasteiger partial charge < -0.3 is 9.22 Å². The van der Waals surface area contributed by atoms with Crippen molar-refractivity contribution in [1.82, 2.24) is 0 Å². The smallest absolute Gasteiger partial charge is 0.315 e. The van der Waals surface area contributed by atoms with Gasteiger partial charge >= 0.3 is 5.97 Å². The van der Waals surface area contributed by atoms with E-state index < -0.39 is 0 Å². The minimum Gasteiger partial charge on any atom is -0.465 e. The lowest BCUT2D eigenvalue weighted by Gasteiger charge is -2.39. The topological polar surface area (TPSA) is 26.3 Å². The van der Waals surface area contributed by atoms with Gasteiger partial charge in [-0.3, -0.25) is 4.79 Å². The van der Waals surface area contributed by atoms with Gasteiger partial charge in [-0.05, 0) is 13.3 Å². The van der Waals surface area contributed by atoms with Crippen molar-refractivity contribution in [2.75, 3.05) is 26.2 Å². The van der Waals surface area contributed by atoms with Crippen LogP contribution >= 0.6 is 0 Å². The quantitative estimate of drug-likeness (QED) is 0.614. The van der Waals surface area contributed by atoms with Gasteiger partial charge in [-0.25, -0.2) is 0 Å². The van der Waals surface area contributed by atoms with Gasteiger partial charge in [0.25, 0.3) is 0 Å². The molecule has 114 valence electrons. The summed E-state index contributed by atoms with van der Waals surface area (Å²) in [6.45, 7) is 8.24. The number of piperidine rings is 1. The van der Waals surface area contributed by atoms with Crippen LogP contribution in [0.2, 0.25) is 0 Å². The molecule has 2 bridgehead atoms. The van der Waals surface area contributed by atoms with Crippen molar-refractivity contribution in [3.8, 4) is 0 Å². The van der Waals surface area contributed by atoms with Crippen LogP contribution in [0.25, 0.3) is 0 Å². The third kappa shape index (κ3) is 2.59. The van der Waals surface area contributed by atoms with Crippen LogP contribution in [0.4, 0.5) is 0 Å². The van der Waals surface area contributed by atoms with E-state index >= 15 is 0 Å². The fraction of sp³-hybridized carbons (Fsp3) is 0.611. The second kappa shape index (κ2) is 5.80. The number of carbonyl (C=O) groups excluding carboxylic acids is 1. The second-order valence-corrected chi connectivity index (χ2v) is 6.72. The predicted molar refractivity (Wildman–Crippen MR) is 82.6 cm³/mol. The summed E-state index contributed by atoms with van der Waals surface area (Å²) in [5.41, 5.74) is 1.39. The Labute approximate surface area is 127 Å². The first kappa shape index (κ1) is 14.6. The van der Waals surface area contributed by atoms with Gasteiger partial charge in [0.1, 0.15) is 12.0 Å². The lowest BCUT2D eigenvalue weighted by atomic mass is 9.92. The fourth-order valence-electron chi connectivity index (χ4n) is 4.24. The van der Waals surface area contributed by atoms with E-state index in [1.807, 2.05) is 6.92 Å². The predicted octanol–water partition coefficient (Wildman–Crippen LogP) is 3.17. The van der Waals surface area contributed by atoms with Crippen LogP contribution in [0.3, 0.4) is 0 Å². The molecule has 1 aromatic carbocycles. The first-order valence-electron chi connectivity index (χ1n) is 8.23. The molecule has 3 nitrogen and oxygen atoms in total. The Bertz CT molecular complexity index is 501. The number of rotatable bonds is 5. The SMILES string of the molecule is CCCOC(=O)[C@@H]1C[N@@+]2(C(C)c3ccccc3)CC[C@H]1C2. The summed E-state index contributed by atoms with van der Waals surface area (Å²) in [5.74, 6) is 0.693. The molecule has 2 aliphatic rings. The molecule has 21 heavy (non-hydrogen) atoms.